The molecule has 7 rings (SSSR count). The number of thiazole rings is 1. The first-order valence-electron chi connectivity index (χ1n) is 13.3. The zero-order valence-electron chi connectivity index (χ0n) is 21.5. The molecular formula is C29H27N3O6S2. The number of aromatic hydroxyl groups is 1. The van der Waals surface area contributed by atoms with E-state index in [4.69, 9.17) is 4.74 Å². The fourth-order valence-corrected chi connectivity index (χ4v) is 10.4. The van der Waals surface area contributed by atoms with Crippen molar-refractivity contribution < 1.29 is 24.2 Å². The standard InChI is InChI=1S/C29H27N3O6S2/c1-38-14-8-6-13(7-9-14)30-19(34)10-11-32-27(35)22-16-12-17(23(22)28(32)36)24-21(16)20(15-4-2-3-5-18(15)33)25-26(39-24)31-29(37)40-25/h2-9,16-17,20-24,33H,10-12H2,1H3,(H,30,34)(H,31,37). The number of benzene rings is 2. The van der Waals surface area contributed by atoms with E-state index < -0.39 is 11.8 Å². The molecule has 7 unspecified atom stereocenters. The monoisotopic (exact) mass is 577 g/mol. The SMILES string of the molecule is COc1ccc(NC(=O)CCN2C(=O)C3C4CC(C3C2=O)C2C(c3ccccc3O)c3sc(=O)[nH]c3SC42)cc1. The molecular weight excluding hydrogens is 550 g/mol. The Balaban J connectivity index is 1.13. The van der Waals surface area contributed by atoms with Gasteiger partial charge in [-0.05, 0) is 54.5 Å². The number of hydrogen-bond donors (Lipinski definition) is 3. The second-order valence-corrected chi connectivity index (χ2v) is 13.1. The molecule has 1 aromatic heterocycles. The van der Waals surface area contributed by atoms with Crippen molar-refractivity contribution >= 4 is 46.5 Å². The van der Waals surface area contributed by atoms with Crippen molar-refractivity contribution in [2.45, 2.75) is 29.0 Å². The Hall–Kier alpha value is -3.57. The lowest BCUT2D eigenvalue weighted by atomic mass is 9.68. The highest BCUT2D eigenvalue weighted by Gasteiger charge is 2.69. The highest BCUT2D eigenvalue weighted by atomic mass is 32.2. The summed E-state index contributed by atoms with van der Waals surface area (Å²) < 4.78 is 5.14. The number of methoxy groups -OCH3 is 1. The first-order chi connectivity index (χ1) is 19.4. The molecule has 2 aromatic carbocycles. The summed E-state index contributed by atoms with van der Waals surface area (Å²) in [6.07, 6.45) is 0.781. The molecule has 3 amide bonds. The maximum absolute atomic E-state index is 13.7. The number of aromatic nitrogens is 1. The number of para-hydroxylation sites is 1. The second kappa shape index (κ2) is 9.52. The molecule has 40 heavy (non-hydrogen) atoms. The zero-order chi connectivity index (χ0) is 27.7. The van der Waals surface area contributed by atoms with Crippen LogP contribution in [0.3, 0.4) is 0 Å². The van der Waals surface area contributed by atoms with E-state index in [0.717, 1.165) is 33.2 Å². The first kappa shape index (κ1) is 25.4. The summed E-state index contributed by atoms with van der Waals surface area (Å²) in [7, 11) is 1.57. The van der Waals surface area contributed by atoms with Crippen molar-refractivity contribution in [3.8, 4) is 11.5 Å². The molecule has 2 saturated carbocycles. The molecule has 1 saturated heterocycles. The van der Waals surface area contributed by atoms with E-state index in [1.54, 1.807) is 55.3 Å². The molecule has 11 heteroatoms. The maximum atomic E-state index is 13.7. The van der Waals surface area contributed by atoms with E-state index in [9.17, 15) is 24.3 Å². The lowest BCUT2D eigenvalue weighted by Gasteiger charge is -2.43. The van der Waals surface area contributed by atoms with Gasteiger partial charge in [-0.1, -0.05) is 29.5 Å². The minimum Gasteiger partial charge on any atom is -0.508 e. The molecule has 3 N–H and O–H groups in total. The van der Waals surface area contributed by atoms with Gasteiger partial charge in [0.25, 0.3) is 0 Å². The number of rotatable bonds is 6. The molecule has 0 radical (unpaired) electrons. The summed E-state index contributed by atoms with van der Waals surface area (Å²) in [5, 5.41) is 14.5. The minimum atomic E-state index is -0.436. The average molecular weight is 578 g/mol. The number of likely N-dealkylation sites (tertiary alicyclic amines) is 1. The van der Waals surface area contributed by atoms with Gasteiger partial charge < -0.3 is 20.1 Å². The molecule has 4 aliphatic rings. The van der Waals surface area contributed by atoms with Crippen LogP contribution in [0.2, 0.25) is 0 Å². The van der Waals surface area contributed by atoms with Crippen LogP contribution < -0.4 is 14.9 Å². The van der Waals surface area contributed by atoms with Crippen molar-refractivity contribution in [3.05, 3.63) is 68.6 Å². The van der Waals surface area contributed by atoms with E-state index in [-0.39, 0.29) is 70.2 Å². The number of fused-ring (bicyclic) bond motifs is 9. The number of thioether (sulfide) groups is 1. The maximum Gasteiger partial charge on any atom is 0.305 e. The number of phenolic OH excluding ortho intramolecular Hbond substituents is 1. The highest BCUT2D eigenvalue weighted by Crippen LogP contribution is 2.68. The Morgan fingerprint density at radius 1 is 1.07 bits per heavy atom. The summed E-state index contributed by atoms with van der Waals surface area (Å²) in [5.74, 6) is -0.935. The average Bonchev–Trinajstić information content (AvgIpc) is 3.68. The summed E-state index contributed by atoms with van der Waals surface area (Å²) in [5.41, 5.74) is 1.36. The fourth-order valence-electron chi connectivity index (χ4n) is 7.51. The Morgan fingerprint density at radius 2 is 1.80 bits per heavy atom. The number of imide groups is 1. The van der Waals surface area contributed by atoms with Crippen LogP contribution >= 0.6 is 23.1 Å². The number of carbonyl (C=O) groups is 3. The van der Waals surface area contributed by atoms with Crippen LogP contribution in [0.15, 0.2) is 58.4 Å². The quantitative estimate of drug-likeness (QED) is 0.382. The smallest absolute Gasteiger partial charge is 0.305 e. The largest absolute Gasteiger partial charge is 0.508 e. The Bertz CT molecular complexity index is 1580. The summed E-state index contributed by atoms with van der Waals surface area (Å²) >= 11 is 2.77. The van der Waals surface area contributed by atoms with Crippen molar-refractivity contribution in [1.29, 1.82) is 0 Å². The number of ether oxygens (including phenoxy) is 1. The molecule has 2 bridgehead atoms. The highest BCUT2D eigenvalue weighted by molar-refractivity contribution is 8.00. The number of amides is 3. The van der Waals surface area contributed by atoms with Gasteiger partial charge in [0.15, 0.2) is 0 Å². The molecule has 3 aromatic rings. The van der Waals surface area contributed by atoms with Crippen molar-refractivity contribution in [2.75, 3.05) is 19.0 Å². The number of nitrogens with zero attached hydrogens (tertiary/aromatic N) is 1. The van der Waals surface area contributed by atoms with Gasteiger partial charge in [-0.15, -0.1) is 11.8 Å². The van der Waals surface area contributed by atoms with Gasteiger partial charge >= 0.3 is 4.87 Å². The number of phenols is 1. The van der Waals surface area contributed by atoms with E-state index in [0.29, 0.717) is 11.4 Å². The zero-order valence-corrected chi connectivity index (χ0v) is 23.2. The molecule has 9 nitrogen and oxygen atoms in total. The van der Waals surface area contributed by atoms with Gasteiger partial charge in [0, 0.05) is 40.3 Å². The van der Waals surface area contributed by atoms with Gasteiger partial charge in [-0.2, -0.15) is 0 Å². The molecule has 3 heterocycles. The van der Waals surface area contributed by atoms with Crippen molar-refractivity contribution in [2.24, 2.45) is 29.6 Å². The predicted octanol–water partition coefficient (Wildman–Crippen LogP) is 3.65. The topological polar surface area (TPSA) is 129 Å². The van der Waals surface area contributed by atoms with Crippen LogP contribution in [0.25, 0.3) is 0 Å². The number of aromatic amines is 1. The molecule has 2 aliphatic carbocycles. The molecule has 3 fully saturated rings. The van der Waals surface area contributed by atoms with Crippen LogP contribution in [0.4, 0.5) is 5.69 Å². The molecule has 2 aliphatic heterocycles. The summed E-state index contributed by atoms with van der Waals surface area (Å²) in [4.78, 5) is 57.3. The van der Waals surface area contributed by atoms with Crippen molar-refractivity contribution in [3.63, 3.8) is 0 Å². The van der Waals surface area contributed by atoms with Crippen LogP contribution in [0.1, 0.15) is 29.2 Å². The van der Waals surface area contributed by atoms with Crippen molar-refractivity contribution in [1.82, 2.24) is 9.88 Å². The number of hydrogen-bond acceptors (Lipinski definition) is 8. The Kier molecular flexibility index (Phi) is 6.04. The van der Waals surface area contributed by atoms with Gasteiger partial charge in [-0.25, -0.2) is 0 Å². The third-order valence-electron chi connectivity index (χ3n) is 9.02. The van der Waals surface area contributed by atoms with Gasteiger partial charge in [0.2, 0.25) is 17.7 Å². The third-order valence-corrected chi connectivity index (χ3v) is 11.6. The second-order valence-electron chi connectivity index (χ2n) is 10.9. The number of H-pyrrole nitrogens is 1. The van der Waals surface area contributed by atoms with E-state index in [1.165, 1.54) is 4.90 Å². The lowest BCUT2D eigenvalue weighted by Crippen LogP contribution is -2.42. The molecule has 206 valence electrons. The summed E-state index contributed by atoms with van der Waals surface area (Å²) in [6, 6.07) is 14.1. The normalized spacial score (nSPS) is 29.7. The van der Waals surface area contributed by atoms with E-state index >= 15 is 0 Å². The fraction of sp³-hybridized carbons (Fsp3) is 0.379. The van der Waals surface area contributed by atoms with Gasteiger partial charge in [-0.3, -0.25) is 24.1 Å². The third kappa shape index (κ3) is 3.81. The van der Waals surface area contributed by atoms with Gasteiger partial charge in [0.1, 0.15) is 11.5 Å². The van der Waals surface area contributed by atoms with Gasteiger partial charge in [0.05, 0.1) is 24.0 Å². The number of carbonyl (C=O) groups excluding carboxylic acids is 3. The van der Waals surface area contributed by atoms with Crippen LogP contribution in [-0.4, -0.2) is 51.6 Å². The molecule has 7 atom stereocenters. The van der Waals surface area contributed by atoms with Crippen LogP contribution in [-0.2, 0) is 14.4 Å². The molecule has 0 spiro atoms. The van der Waals surface area contributed by atoms with E-state index in [1.807, 2.05) is 12.1 Å². The minimum absolute atomic E-state index is 0.00974. The van der Waals surface area contributed by atoms with E-state index in [2.05, 4.69) is 10.3 Å². The Labute approximate surface area is 237 Å². The first-order valence-corrected chi connectivity index (χ1v) is 15.0. The van der Waals surface area contributed by atoms with Crippen LogP contribution in [0, 0.1) is 29.6 Å². The summed E-state index contributed by atoms with van der Waals surface area (Å²) in [6.45, 7) is 0.0398. The number of nitrogens with one attached hydrogen (secondary N) is 2. The Morgan fingerprint density at radius 3 is 2.52 bits per heavy atom. The number of anilines is 1. The predicted molar refractivity (Wildman–Crippen MR) is 150 cm³/mol. The lowest BCUT2D eigenvalue weighted by molar-refractivity contribution is -0.141. The van der Waals surface area contributed by atoms with Crippen LogP contribution in [0.5, 0.6) is 11.5 Å².